The van der Waals surface area contributed by atoms with E-state index in [0.29, 0.717) is 17.9 Å². The molecule has 0 bridgehead atoms. The number of nitrogen functional groups attached to an aromatic ring is 1. The van der Waals surface area contributed by atoms with Gasteiger partial charge in [-0.2, -0.15) is 0 Å². The summed E-state index contributed by atoms with van der Waals surface area (Å²) in [5.74, 6) is -0.112. The Bertz CT molecular complexity index is 562. The highest BCUT2D eigenvalue weighted by Gasteiger charge is 2.15. The molecule has 0 saturated carbocycles. The van der Waals surface area contributed by atoms with Crippen LogP contribution < -0.4 is 5.73 Å². The first kappa shape index (κ1) is 12.2. The lowest BCUT2D eigenvalue weighted by Gasteiger charge is -2.17. The van der Waals surface area contributed by atoms with Crippen LogP contribution in [0.4, 0.5) is 5.69 Å². The minimum Gasteiger partial charge on any atom is -0.398 e. The summed E-state index contributed by atoms with van der Waals surface area (Å²) < 4.78 is 1.75. The van der Waals surface area contributed by atoms with Crippen molar-refractivity contribution in [3.05, 3.63) is 48.0 Å². The maximum absolute atomic E-state index is 12.1. The lowest BCUT2D eigenvalue weighted by atomic mass is 10.1. The number of hydrogen-bond donors (Lipinski definition) is 1. The maximum Gasteiger partial charge on any atom is 0.274 e. The molecule has 0 aliphatic heterocycles. The number of nitrogens with zero attached hydrogens (tertiary/aromatic N) is 3. The van der Waals surface area contributed by atoms with Gasteiger partial charge >= 0.3 is 0 Å². The van der Waals surface area contributed by atoms with Crippen LogP contribution in [0.5, 0.6) is 0 Å². The molecule has 1 heterocycles. The molecule has 94 valence electrons. The molecular formula is C13H16N4O. The molecule has 5 nitrogen and oxygen atoms in total. The standard InChI is InChI=1S/C13H16N4O/c1-16-8-12(15-9-16)13(18)17(2)7-10-5-3-4-6-11(10)14/h3-6,8-9H,7,14H2,1-2H3. The van der Waals surface area contributed by atoms with Crippen LogP contribution in [0, 0.1) is 0 Å². The molecule has 0 spiro atoms. The van der Waals surface area contributed by atoms with Crippen molar-refractivity contribution >= 4 is 11.6 Å². The van der Waals surface area contributed by atoms with Crippen molar-refractivity contribution in [1.82, 2.24) is 14.5 Å². The Balaban J connectivity index is 2.11. The van der Waals surface area contributed by atoms with E-state index in [9.17, 15) is 4.79 Å². The van der Waals surface area contributed by atoms with Gasteiger partial charge in [0.25, 0.3) is 5.91 Å². The number of nitrogens with two attached hydrogens (primary N) is 1. The quantitative estimate of drug-likeness (QED) is 0.827. The van der Waals surface area contributed by atoms with Crippen LogP contribution in [-0.2, 0) is 13.6 Å². The lowest BCUT2D eigenvalue weighted by Crippen LogP contribution is -2.26. The minimum atomic E-state index is -0.112. The Morgan fingerprint density at radius 2 is 2.17 bits per heavy atom. The highest BCUT2D eigenvalue weighted by atomic mass is 16.2. The van der Waals surface area contributed by atoms with Gasteiger partial charge in [-0.25, -0.2) is 4.98 Å². The molecule has 5 heteroatoms. The van der Waals surface area contributed by atoms with E-state index >= 15 is 0 Å². The van der Waals surface area contributed by atoms with Crippen molar-refractivity contribution in [3.63, 3.8) is 0 Å². The van der Waals surface area contributed by atoms with Crippen LogP contribution in [-0.4, -0.2) is 27.4 Å². The predicted octanol–water partition coefficient (Wildman–Crippen LogP) is 1.27. The molecule has 1 aromatic heterocycles. The number of aromatic nitrogens is 2. The van der Waals surface area contributed by atoms with E-state index < -0.39 is 0 Å². The van der Waals surface area contributed by atoms with Crippen LogP contribution in [0.2, 0.25) is 0 Å². The number of imidazole rings is 1. The van der Waals surface area contributed by atoms with E-state index in [1.807, 2.05) is 31.3 Å². The van der Waals surface area contributed by atoms with Gasteiger partial charge in [0.15, 0.2) is 0 Å². The van der Waals surface area contributed by atoms with Gasteiger partial charge < -0.3 is 15.2 Å². The number of amides is 1. The second-order valence-electron chi connectivity index (χ2n) is 4.28. The SMILES string of the molecule is CN(Cc1ccccc1N)C(=O)c1cn(C)cn1. The number of hydrogen-bond acceptors (Lipinski definition) is 3. The van der Waals surface area contributed by atoms with Gasteiger partial charge in [-0.05, 0) is 11.6 Å². The number of benzene rings is 1. The summed E-state index contributed by atoms with van der Waals surface area (Å²) in [7, 11) is 3.57. The van der Waals surface area contributed by atoms with Crippen molar-refractivity contribution in [2.75, 3.05) is 12.8 Å². The summed E-state index contributed by atoms with van der Waals surface area (Å²) in [5, 5.41) is 0. The number of carbonyl (C=O) groups excluding carboxylic acids is 1. The van der Waals surface area contributed by atoms with E-state index in [0.717, 1.165) is 5.56 Å². The number of aryl methyl sites for hydroxylation is 1. The number of rotatable bonds is 3. The molecular weight excluding hydrogens is 228 g/mol. The fourth-order valence-electron chi connectivity index (χ4n) is 1.72. The molecule has 2 aromatic rings. The summed E-state index contributed by atoms with van der Waals surface area (Å²) in [4.78, 5) is 17.7. The maximum atomic E-state index is 12.1. The molecule has 0 aliphatic carbocycles. The molecule has 1 aromatic carbocycles. The first-order valence-electron chi connectivity index (χ1n) is 5.64. The smallest absolute Gasteiger partial charge is 0.274 e. The normalized spacial score (nSPS) is 10.3. The van der Waals surface area contributed by atoms with Crippen molar-refractivity contribution in [2.24, 2.45) is 7.05 Å². The molecule has 0 unspecified atom stereocenters. The molecule has 1 amide bonds. The summed E-state index contributed by atoms with van der Waals surface area (Å²) in [5.41, 5.74) is 7.92. The summed E-state index contributed by atoms with van der Waals surface area (Å²) in [6, 6.07) is 7.52. The number of carbonyl (C=O) groups is 1. The van der Waals surface area contributed by atoms with Gasteiger partial charge in [0.1, 0.15) is 5.69 Å². The fraction of sp³-hybridized carbons (Fsp3) is 0.231. The van der Waals surface area contributed by atoms with E-state index in [4.69, 9.17) is 5.73 Å². The van der Waals surface area contributed by atoms with Crippen LogP contribution in [0.1, 0.15) is 16.1 Å². The third-order valence-electron chi connectivity index (χ3n) is 2.73. The predicted molar refractivity (Wildman–Crippen MR) is 69.9 cm³/mol. The van der Waals surface area contributed by atoms with Crippen LogP contribution >= 0.6 is 0 Å². The van der Waals surface area contributed by atoms with E-state index in [-0.39, 0.29) is 5.91 Å². The van der Waals surface area contributed by atoms with Crippen molar-refractivity contribution < 1.29 is 4.79 Å². The molecule has 0 saturated heterocycles. The molecule has 0 fully saturated rings. The van der Waals surface area contributed by atoms with Gasteiger partial charge in [-0.3, -0.25) is 4.79 Å². The summed E-state index contributed by atoms with van der Waals surface area (Å²) in [6.45, 7) is 0.474. The van der Waals surface area contributed by atoms with Gasteiger partial charge in [0, 0.05) is 32.5 Å². The third-order valence-corrected chi connectivity index (χ3v) is 2.73. The second-order valence-corrected chi connectivity index (χ2v) is 4.28. The summed E-state index contributed by atoms with van der Waals surface area (Å²) in [6.07, 6.45) is 3.31. The van der Waals surface area contributed by atoms with Gasteiger partial charge in [0.05, 0.1) is 6.33 Å². The Morgan fingerprint density at radius 3 is 2.78 bits per heavy atom. The zero-order valence-electron chi connectivity index (χ0n) is 10.5. The number of anilines is 1. The topological polar surface area (TPSA) is 64.2 Å². The molecule has 0 radical (unpaired) electrons. The van der Waals surface area contributed by atoms with Crippen LogP contribution in [0.15, 0.2) is 36.8 Å². The van der Waals surface area contributed by atoms with Gasteiger partial charge in [-0.15, -0.1) is 0 Å². The summed E-state index contributed by atoms with van der Waals surface area (Å²) >= 11 is 0. The zero-order valence-corrected chi connectivity index (χ0v) is 10.5. The van der Waals surface area contributed by atoms with E-state index in [2.05, 4.69) is 4.98 Å². The van der Waals surface area contributed by atoms with Gasteiger partial charge in [-0.1, -0.05) is 18.2 Å². The molecule has 2 N–H and O–H groups in total. The van der Waals surface area contributed by atoms with E-state index in [1.54, 1.807) is 29.0 Å². The molecule has 0 atom stereocenters. The Hall–Kier alpha value is -2.30. The average Bonchev–Trinajstić information content (AvgIpc) is 2.78. The Labute approximate surface area is 106 Å². The minimum absolute atomic E-state index is 0.112. The largest absolute Gasteiger partial charge is 0.398 e. The first-order valence-corrected chi connectivity index (χ1v) is 5.64. The molecule has 2 rings (SSSR count). The Kier molecular flexibility index (Phi) is 3.32. The van der Waals surface area contributed by atoms with Crippen LogP contribution in [0.3, 0.4) is 0 Å². The van der Waals surface area contributed by atoms with Crippen molar-refractivity contribution in [3.8, 4) is 0 Å². The van der Waals surface area contributed by atoms with E-state index in [1.165, 1.54) is 0 Å². The van der Waals surface area contributed by atoms with Gasteiger partial charge in [0.2, 0.25) is 0 Å². The molecule has 18 heavy (non-hydrogen) atoms. The Morgan fingerprint density at radius 1 is 1.44 bits per heavy atom. The highest BCUT2D eigenvalue weighted by Crippen LogP contribution is 2.13. The highest BCUT2D eigenvalue weighted by molar-refractivity contribution is 5.91. The van der Waals surface area contributed by atoms with Crippen LogP contribution in [0.25, 0.3) is 0 Å². The lowest BCUT2D eigenvalue weighted by molar-refractivity contribution is 0.0780. The molecule has 0 aliphatic rings. The monoisotopic (exact) mass is 244 g/mol. The van der Waals surface area contributed by atoms with Crippen molar-refractivity contribution in [1.29, 1.82) is 0 Å². The third kappa shape index (κ3) is 2.51. The zero-order chi connectivity index (χ0) is 13.1. The second kappa shape index (κ2) is 4.91. The van der Waals surface area contributed by atoms with Crippen molar-refractivity contribution in [2.45, 2.75) is 6.54 Å². The fourth-order valence-corrected chi connectivity index (χ4v) is 1.72. The first-order chi connectivity index (χ1) is 8.58. The number of para-hydroxylation sites is 1. The average molecular weight is 244 g/mol.